The topological polar surface area (TPSA) is 39.9 Å². The normalized spacial score (nSPS) is 10.3. The quantitative estimate of drug-likeness (QED) is 0.748. The van der Waals surface area contributed by atoms with Crippen LogP contribution in [0.2, 0.25) is 5.15 Å². The van der Waals surface area contributed by atoms with E-state index in [1.165, 1.54) is 0 Å². The van der Waals surface area contributed by atoms with Crippen molar-refractivity contribution in [3.63, 3.8) is 0 Å². The van der Waals surface area contributed by atoms with Crippen LogP contribution in [-0.2, 0) is 13.7 Å². The molecule has 2 heterocycles. The van der Waals surface area contributed by atoms with Crippen molar-refractivity contribution >= 4 is 11.6 Å². The van der Waals surface area contributed by atoms with Crippen LogP contribution < -0.4 is 4.74 Å². The Kier molecular flexibility index (Phi) is 2.87. The molecule has 0 aliphatic rings. The highest BCUT2D eigenvalue weighted by Gasteiger charge is 1.98. The maximum absolute atomic E-state index is 5.65. The van der Waals surface area contributed by atoms with Crippen molar-refractivity contribution in [3.05, 3.63) is 41.4 Å². The predicted octanol–water partition coefficient (Wildman–Crippen LogP) is 2.05. The Bertz CT molecular complexity index is 438. The second-order valence-corrected chi connectivity index (χ2v) is 3.51. The molecule has 5 heteroatoms. The maximum Gasteiger partial charge on any atom is 0.138 e. The number of aromatic nitrogens is 3. The van der Waals surface area contributed by atoms with Crippen LogP contribution in [0.25, 0.3) is 0 Å². The maximum atomic E-state index is 5.65. The molecule has 2 rings (SSSR count). The minimum absolute atomic E-state index is 0.462. The van der Waals surface area contributed by atoms with E-state index in [2.05, 4.69) is 10.1 Å². The third kappa shape index (κ3) is 2.70. The fraction of sp³-hybridized carbons (Fsp3) is 0.200. The zero-order valence-corrected chi connectivity index (χ0v) is 8.98. The second kappa shape index (κ2) is 4.31. The summed E-state index contributed by atoms with van der Waals surface area (Å²) in [5, 5.41) is 4.50. The lowest BCUT2D eigenvalue weighted by Crippen LogP contribution is -1.94. The first-order chi connectivity index (χ1) is 7.24. The lowest BCUT2D eigenvalue weighted by atomic mass is 10.4. The molecule has 2 aromatic rings. The fourth-order valence-electron chi connectivity index (χ4n) is 1.16. The number of rotatable bonds is 3. The molecule has 0 saturated carbocycles. The summed E-state index contributed by atoms with van der Waals surface area (Å²) in [4.78, 5) is 3.92. The van der Waals surface area contributed by atoms with Gasteiger partial charge in [-0.05, 0) is 12.1 Å². The Balaban J connectivity index is 1.96. The van der Waals surface area contributed by atoms with Crippen molar-refractivity contribution in [2.75, 3.05) is 0 Å². The van der Waals surface area contributed by atoms with Crippen LogP contribution in [0.4, 0.5) is 0 Å². The largest absolute Gasteiger partial charge is 0.487 e. The predicted molar refractivity (Wildman–Crippen MR) is 56.8 cm³/mol. The van der Waals surface area contributed by atoms with Crippen molar-refractivity contribution in [2.45, 2.75) is 6.61 Å². The number of halogens is 1. The Morgan fingerprint density at radius 1 is 1.40 bits per heavy atom. The minimum Gasteiger partial charge on any atom is -0.487 e. The third-order valence-corrected chi connectivity index (χ3v) is 2.09. The zero-order chi connectivity index (χ0) is 10.7. The number of ether oxygens (including phenoxy) is 1. The van der Waals surface area contributed by atoms with Gasteiger partial charge in [0.15, 0.2) is 0 Å². The SMILES string of the molecule is Cn1cc(COc2ccc(Cl)nc2)cn1. The van der Waals surface area contributed by atoms with Gasteiger partial charge in [-0.15, -0.1) is 0 Å². The molecule has 0 bridgehead atoms. The van der Waals surface area contributed by atoms with E-state index in [4.69, 9.17) is 16.3 Å². The smallest absolute Gasteiger partial charge is 0.138 e. The molecule has 0 N–H and O–H groups in total. The molecular weight excluding hydrogens is 214 g/mol. The van der Waals surface area contributed by atoms with Gasteiger partial charge in [0.1, 0.15) is 17.5 Å². The van der Waals surface area contributed by atoms with Gasteiger partial charge in [-0.3, -0.25) is 4.68 Å². The number of aryl methyl sites for hydroxylation is 1. The van der Waals surface area contributed by atoms with Crippen molar-refractivity contribution < 1.29 is 4.74 Å². The molecule has 0 aromatic carbocycles. The summed E-state index contributed by atoms with van der Waals surface area (Å²) in [5.74, 6) is 0.697. The lowest BCUT2D eigenvalue weighted by Gasteiger charge is -2.03. The van der Waals surface area contributed by atoms with Gasteiger partial charge in [0.05, 0.1) is 12.4 Å². The van der Waals surface area contributed by atoms with Crippen LogP contribution >= 0.6 is 11.6 Å². The van der Waals surface area contributed by atoms with E-state index in [9.17, 15) is 0 Å². The number of hydrogen-bond acceptors (Lipinski definition) is 3. The molecule has 0 fully saturated rings. The Morgan fingerprint density at radius 3 is 2.87 bits per heavy atom. The minimum atomic E-state index is 0.462. The van der Waals surface area contributed by atoms with Gasteiger partial charge in [0.25, 0.3) is 0 Å². The van der Waals surface area contributed by atoms with Gasteiger partial charge in [0.2, 0.25) is 0 Å². The summed E-state index contributed by atoms with van der Waals surface area (Å²) in [5.41, 5.74) is 1.02. The van der Waals surface area contributed by atoms with Gasteiger partial charge in [-0.1, -0.05) is 11.6 Å². The molecule has 0 radical (unpaired) electrons. The van der Waals surface area contributed by atoms with Crippen LogP contribution in [0, 0.1) is 0 Å². The van der Waals surface area contributed by atoms with Crippen LogP contribution in [0.1, 0.15) is 5.56 Å². The van der Waals surface area contributed by atoms with E-state index >= 15 is 0 Å². The van der Waals surface area contributed by atoms with Gasteiger partial charge in [-0.2, -0.15) is 5.10 Å². The first-order valence-corrected chi connectivity index (χ1v) is 4.84. The summed E-state index contributed by atoms with van der Waals surface area (Å²) >= 11 is 5.65. The molecule has 0 spiro atoms. The molecule has 0 aliphatic heterocycles. The van der Waals surface area contributed by atoms with Gasteiger partial charge < -0.3 is 4.74 Å². The molecule has 78 valence electrons. The fourth-order valence-corrected chi connectivity index (χ4v) is 1.27. The van der Waals surface area contributed by atoms with Crippen molar-refractivity contribution in [1.29, 1.82) is 0 Å². The Morgan fingerprint density at radius 2 is 2.27 bits per heavy atom. The molecular formula is C10H10ClN3O. The van der Waals surface area contributed by atoms with Gasteiger partial charge in [0, 0.05) is 18.8 Å². The molecule has 0 aliphatic carbocycles. The van der Waals surface area contributed by atoms with Crippen LogP contribution in [-0.4, -0.2) is 14.8 Å². The van der Waals surface area contributed by atoms with Gasteiger partial charge in [-0.25, -0.2) is 4.98 Å². The second-order valence-electron chi connectivity index (χ2n) is 3.13. The average Bonchev–Trinajstić information content (AvgIpc) is 2.64. The van der Waals surface area contributed by atoms with Crippen molar-refractivity contribution in [1.82, 2.24) is 14.8 Å². The van der Waals surface area contributed by atoms with Gasteiger partial charge >= 0.3 is 0 Å². The molecule has 4 nitrogen and oxygen atoms in total. The van der Waals surface area contributed by atoms with Crippen molar-refractivity contribution in [2.24, 2.45) is 7.05 Å². The highest BCUT2D eigenvalue weighted by Crippen LogP contribution is 2.13. The molecule has 15 heavy (non-hydrogen) atoms. The standard InChI is InChI=1S/C10H10ClN3O/c1-14-6-8(4-13-14)7-15-9-2-3-10(11)12-5-9/h2-6H,7H2,1H3. The van der Waals surface area contributed by atoms with Crippen LogP contribution in [0.3, 0.4) is 0 Å². The van der Waals surface area contributed by atoms with Crippen LogP contribution in [0.15, 0.2) is 30.7 Å². The van der Waals surface area contributed by atoms with E-state index in [1.807, 2.05) is 13.2 Å². The highest BCUT2D eigenvalue weighted by molar-refractivity contribution is 6.29. The first-order valence-electron chi connectivity index (χ1n) is 4.46. The van der Waals surface area contributed by atoms with E-state index in [0.717, 1.165) is 5.56 Å². The molecule has 0 saturated heterocycles. The summed E-state index contributed by atoms with van der Waals surface area (Å²) in [6.45, 7) is 0.483. The number of hydrogen-bond donors (Lipinski definition) is 0. The number of pyridine rings is 1. The van der Waals surface area contributed by atoms with E-state index < -0.39 is 0 Å². The number of nitrogens with zero attached hydrogens (tertiary/aromatic N) is 3. The first kappa shape index (κ1) is 9.98. The van der Waals surface area contributed by atoms with E-state index in [-0.39, 0.29) is 0 Å². The molecule has 0 unspecified atom stereocenters. The zero-order valence-electron chi connectivity index (χ0n) is 8.22. The Labute approximate surface area is 92.5 Å². The summed E-state index contributed by atoms with van der Waals surface area (Å²) in [7, 11) is 1.87. The Hall–Kier alpha value is -1.55. The lowest BCUT2D eigenvalue weighted by molar-refractivity contribution is 0.305. The summed E-state index contributed by atoms with van der Waals surface area (Å²) < 4.78 is 7.22. The average molecular weight is 224 g/mol. The third-order valence-electron chi connectivity index (χ3n) is 1.86. The van der Waals surface area contributed by atoms with Crippen molar-refractivity contribution in [3.8, 4) is 5.75 Å². The summed E-state index contributed by atoms with van der Waals surface area (Å²) in [6, 6.07) is 3.48. The van der Waals surface area contributed by atoms with Crippen LogP contribution in [0.5, 0.6) is 5.75 Å². The highest BCUT2D eigenvalue weighted by atomic mass is 35.5. The monoisotopic (exact) mass is 223 g/mol. The molecule has 0 atom stereocenters. The van der Waals surface area contributed by atoms with E-state index in [1.54, 1.807) is 29.2 Å². The summed E-state index contributed by atoms with van der Waals surface area (Å²) in [6.07, 6.45) is 5.27. The van der Waals surface area contributed by atoms with E-state index in [0.29, 0.717) is 17.5 Å². The molecule has 0 amide bonds. The molecule has 2 aromatic heterocycles.